The maximum absolute atomic E-state index is 12.6. The molecule has 1 heterocycles. The van der Waals surface area contributed by atoms with Gasteiger partial charge in [-0.05, 0) is 38.2 Å². The molecular formula is C20H26N2O4. The summed E-state index contributed by atoms with van der Waals surface area (Å²) in [6.07, 6.45) is 2.82. The monoisotopic (exact) mass is 358 g/mol. The van der Waals surface area contributed by atoms with Gasteiger partial charge in [0.2, 0.25) is 11.8 Å². The molecule has 2 fully saturated rings. The Morgan fingerprint density at radius 2 is 1.77 bits per heavy atom. The third kappa shape index (κ3) is 4.06. The maximum Gasteiger partial charge on any atom is 0.306 e. The van der Waals surface area contributed by atoms with E-state index in [1.165, 1.54) is 0 Å². The molecule has 1 aromatic rings. The van der Waals surface area contributed by atoms with Crippen LogP contribution < -0.4 is 5.32 Å². The molecule has 1 aromatic carbocycles. The van der Waals surface area contributed by atoms with Gasteiger partial charge in [0.1, 0.15) is 0 Å². The minimum absolute atomic E-state index is 0.0103. The Hall–Kier alpha value is -2.37. The van der Waals surface area contributed by atoms with Gasteiger partial charge in [0.25, 0.3) is 0 Å². The highest BCUT2D eigenvalue weighted by Crippen LogP contribution is 2.29. The molecule has 3 rings (SSSR count). The number of nitrogens with zero attached hydrogens (tertiary/aromatic N) is 1. The van der Waals surface area contributed by atoms with Gasteiger partial charge in [-0.1, -0.05) is 30.3 Å². The molecule has 2 atom stereocenters. The number of nitrogens with one attached hydrogen (secondary N) is 1. The van der Waals surface area contributed by atoms with Crippen molar-refractivity contribution in [2.75, 3.05) is 6.54 Å². The van der Waals surface area contributed by atoms with Crippen LogP contribution >= 0.6 is 0 Å². The quantitative estimate of drug-likeness (QED) is 0.846. The number of carboxylic acid groups (broad SMARTS) is 1. The van der Waals surface area contributed by atoms with E-state index in [4.69, 9.17) is 5.11 Å². The van der Waals surface area contributed by atoms with Gasteiger partial charge in [-0.25, -0.2) is 0 Å². The minimum Gasteiger partial charge on any atom is -0.481 e. The largest absolute Gasteiger partial charge is 0.481 e. The van der Waals surface area contributed by atoms with E-state index in [-0.39, 0.29) is 42.2 Å². The molecule has 0 aromatic heterocycles. The van der Waals surface area contributed by atoms with Crippen LogP contribution in [0.3, 0.4) is 0 Å². The molecule has 1 aliphatic carbocycles. The molecule has 26 heavy (non-hydrogen) atoms. The van der Waals surface area contributed by atoms with Crippen molar-refractivity contribution in [3.63, 3.8) is 0 Å². The number of hydrogen-bond acceptors (Lipinski definition) is 3. The summed E-state index contributed by atoms with van der Waals surface area (Å²) in [6.45, 7) is 2.42. The number of carbonyl (C=O) groups excluding carboxylic acids is 2. The molecule has 1 saturated heterocycles. The first kappa shape index (κ1) is 18.4. The van der Waals surface area contributed by atoms with Crippen molar-refractivity contribution in [3.05, 3.63) is 35.9 Å². The number of rotatable bonds is 5. The normalized spacial score (nSPS) is 27.2. The lowest BCUT2D eigenvalue weighted by Crippen LogP contribution is -2.42. The fourth-order valence-electron chi connectivity index (χ4n) is 4.00. The van der Waals surface area contributed by atoms with Crippen LogP contribution in [0.2, 0.25) is 0 Å². The summed E-state index contributed by atoms with van der Waals surface area (Å²) in [7, 11) is 0. The van der Waals surface area contributed by atoms with E-state index >= 15 is 0 Å². The number of aliphatic carboxylic acids is 1. The Balaban J connectivity index is 1.53. The highest BCUT2D eigenvalue weighted by atomic mass is 16.4. The summed E-state index contributed by atoms with van der Waals surface area (Å²) in [5, 5.41) is 12.1. The highest BCUT2D eigenvalue weighted by molar-refractivity contribution is 5.89. The van der Waals surface area contributed by atoms with E-state index in [0.29, 0.717) is 32.2 Å². The molecular weight excluding hydrogens is 332 g/mol. The SMILES string of the molecule is C[C@@H](c1ccccc1)N1C[C@H](C(=O)NC2CCC(C(=O)O)CC2)CC1=O. The van der Waals surface area contributed by atoms with Crippen molar-refractivity contribution in [2.24, 2.45) is 11.8 Å². The number of hydrogen-bond donors (Lipinski definition) is 2. The van der Waals surface area contributed by atoms with E-state index in [1.807, 2.05) is 37.3 Å². The number of benzene rings is 1. The second-order valence-electron chi connectivity index (χ2n) is 7.43. The van der Waals surface area contributed by atoms with E-state index in [9.17, 15) is 14.4 Å². The van der Waals surface area contributed by atoms with Gasteiger partial charge in [0, 0.05) is 19.0 Å². The molecule has 2 N–H and O–H groups in total. The van der Waals surface area contributed by atoms with Gasteiger partial charge >= 0.3 is 5.97 Å². The summed E-state index contributed by atoms with van der Waals surface area (Å²) in [4.78, 5) is 37.8. The van der Waals surface area contributed by atoms with Gasteiger partial charge in [-0.2, -0.15) is 0 Å². The number of carbonyl (C=O) groups is 3. The van der Waals surface area contributed by atoms with Gasteiger partial charge in [0.15, 0.2) is 0 Å². The Morgan fingerprint density at radius 3 is 2.38 bits per heavy atom. The second kappa shape index (κ2) is 7.89. The second-order valence-corrected chi connectivity index (χ2v) is 7.43. The highest BCUT2D eigenvalue weighted by Gasteiger charge is 2.38. The average molecular weight is 358 g/mol. The van der Waals surface area contributed by atoms with Crippen LogP contribution in [0.1, 0.15) is 50.6 Å². The van der Waals surface area contributed by atoms with E-state index in [2.05, 4.69) is 5.32 Å². The average Bonchev–Trinajstić information content (AvgIpc) is 3.04. The molecule has 0 radical (unpaired) electrons. The molecule has 140 valence electrons. The smallest absolute Gasteiger partial charge is 0.306 e. The Kier molecular flexibility index (Phi) is 5.59. The van der Waals surface area contributed by atoms with Crippen molar-refractivity contribution >= 4 is 17.8 Å². The lowest BCUT2D eigenvalue weighted by Gasteiger charge is -2.28. The van der Waals surface area contributed by atoms with Crippen LogP contribution in [0.5, 0.6) is 0 Å². The summed E-state index contributed by atoms with van der Waals surface area (Å²) in [5.41, 5.74) is 1.06. The first-order chi connectivity index (χ1) is 12.5. The molecule has 1 aliphatic heterocycles. The van der Waals surface area contributed by atoms with Crippen molar-refractivity contribution in [1.82, 2.24) is 10.2 Å². The van der Waals surface area contributed by atoms with Crippen LogP contribution in [0.15, 0.2) is 30.3 Å². The van der Waals surface area contributed by atoms with Gasteiger partial charge in [0.05, 0.1) is 17.9 Å². The Labute approximate surface area is 153 Å². The standard InChI is InChI=1S/C20H26N2O4/c1-13(14-5-3-2-4-6-14)22-12-16(11-18(22)23)19(24)21-17-9-7-15(8-10-17)20(25)26/h2-6,13,15-17H,7-12H2,1H3,(H,21,24)(H,25,26)/t13-,15?,16+,17?/m0/s1. The Morgan fingerprint density at radius 1 is 1.12 bits per heavy atom. The predicted octanol–water partition coefficient (Wildman–Crippen LogP) is 2.36. The molecule has 0 unspecified atom stereocenters. The summed E-state index contributed by atoms with van der Waals surface area (Å²) < 4.78 is 0. The summed E-state index contributed by atoms with van der Waals surface area (Å²) >= 11 is 0. The van der Waals surface area contributed by atoms with Crippen molar-refractivity contribution in [1.29, 1.82) is 0 Å². The molecule has 6 heteroatoms. The van der Waals surface area contributed by atoms with E-state index in [1.54, 1.807) is 4.90 Å². The van der Waals surface area contributed by atoms with Gasteiger partial charge in [-0.3, -0.25) is 14.4 Å². The lowest BCUT2D eigenvalue weighted by atomic mass is 9.86. The lowest BCUT2D eigenvalue weighted by molar-refractivity contribution is -0.143. The van der Waals surface area contributed by atoms with Crippen LogP contribution in [0.4, 0.5) is 0 Å². The molecule has 6 nitrogen and oxygen atoms in total. The first-order valence-corrected chi connectivity index (χ1v) is 9.33. The number of carboxylic acids is 1. The zero-order valence-electron chi connectivity index (χ0n) is 15.1. The van der Waals surface area contributed by atoms with Crippen LogP contribution in [0, 0.1) is 11.8 Å². The van der Waals surface area contributed by atoms with Gasteiger partial charge in [-0.15, -0.1) is 0 Å². The van der Waals surface area contributed by atoms with Crippen LogP contribution in [-0.4, -0.2) is 40.4 Å². The predicted molar refractivity (Wildman–Crippen MR) is 96.2 cm³/mol. The zero-order chi connectivity index (χ0) is 18.7. The third-order valence-corrected chi connectivity index (χ3v) is 5.70. The van der Waals surface area contributed by atoms with Crippen LogP contribution in [-0.2, 0) is 14.4 Å². The third-order valence-electron chi connectivity index (χ3n) is 5.70. The van der Waals surface area contributed by atoms with Crippen molar-refractivity contribution in [3.8, 4) is 0 Å². The van der Waals surface area contributed by atoms with Gasteiger partial charge < -0.3 is 15.3 Å². The van der Waals surface area contributed by atoms with Crippen molar-refractivity contribution in [2.45, 2.75) is 51.1 Å². The first-order valence-electron chi connectivity index (χ1n) is 9.33. The van der Waals surface area contributed by atoms with Crippen molar-refractivity contribution < 1.29 is 19.5 Å². The fourth-order valence-corrected chi connectivity index (χ4v) is 4.00. The van der Waals surface area contributed by atoms with E-state index < -0.39 is 5.97 Å². The fraction of sp³-hybridized carbons (Fsp3) is 0.550. The maximum atomic E-state index is 12.6. The number of amides is 2. The zero-order valence-corrected chi connectivity index (χ0v) is 15.1. The number of likely N-dealkylation sites (tertiary alicyclic amines) is 1. The molecule has 0 spiro atoms. The minimum atomic E-state index is -0.748. The van der Waals surface area contributed by atoms with Crippen LogP contribution in [0.25, 0.3) is 0 Å². The summed E-state index contributed by atoms with van der Waals surface area (Å²) in [5.74, 6) is -1.44. The molecule has 2 aliphatic rings. The molecule has 1 saturated carbocycles. The topological polar surface area (TPSA) is 86.7 Å². The summed E-state index contributed by atoms with van der Waals surface area (Å²) in [6, 6.07) is 9.80. The molecule has 0 bridgehead atoms. The Bertz CT molecular complexity index is 668. The van der Waals surface area contributed by atoms with E-state index in [0.717, 1.165) is 5.56 Å². The molecule has 2 amide bonds.